The van der Waals surface area contributed by atoms with Gasteiger partial charge in [-0.1, -0.05) is 24.9 Å². The van der Waals surface area contributed by atoms with E-state index in [1.807, 2.05) is 0 Å². The molecule has 1 saturated heterocycles. The highest BCUT2D eigenvalue weighted by Gasteiger charge is 2.30. The molecule has 0 aromatic heterocycles. The van der Waals surface area contributed by atoms with Crippen molar-refractivity contribution in [3.63, 3.8) is 0 Å². The zero-order valence-corrected chi connectivity index (χ0v) is 12.8. The average Bonchev–Trinajstić information content (AvgIpc) is 2.74. The molecular weight excluding hydrogens is 290 g/mol. The van der Waals surface area contributed by atoms with Crippen molar-refractivity contribution in [3.05, 3.63) is 23.2 Å². The number of nitrogens with zero attached hydrogens (tertiary/aromatic N) is 1. The summed E-state index contributed by atoms with van der Waals surface area (Å²) < 4.78 is 0. The Morgan fingerprint density at radius 2 is 2.29 bits per heavy atom. The van der Waals surface area contributed by atoms with E-state index < -0.39 is 0 Å². The van der Waals surface area contributed by atoms with Gasteiger partial charge in [-0.05, 0) is 30.5 Å². The number of halogens is 1. The lowest BCUT2D eigenvalue weighted by atomic mass is 10.0. The van der Waals surface area contributed by atoms with Gasteiger partial charge in [-0.2, -0.15) is 0 Å². The quantitative estimate of drug-likeness (QED) is 0.821. The lowest BCUT2D eigenvalue weighted by Crippen LogP contribution is -2.34. The number of nitrogens with two attached hydrogens (primary N) is 1. The van der Waals surface area contributed by atoms with Gasteiger partial charge >= 0.3 is 0 Å². The first-order valence-electron chi connectivity index (χ1n) is 7.12. The first-order chi connectivity index (χ1) is 9.99. The van der Waals surface area contributed by atoms with Gasteiger partial charge in [-0.25, -0.2) is 0 Å². The van der Waals surface area contributed by atoms with Crippen LogP contribution in [0.2, 0.25) is 5.02 Å². The minimum absolute atomic E-state index is 0.0438. The van der Waals surface area contributed by atoms with E-state index in [9.17, 15) is 9.59 Å². The molecule has 1 aliphatic rings. The SMILES string of the molecule is CCCC1CC(=O)N(CC(=O)Nc2cc(N)ccc2Cl)C1. The first-order valence-corrected chi connectivity index (χ1v) is 7.50. The lowest BCUT2D eigenvalue weighted by molar-refractivity contribution is -0.131. The van der Waals surface area contributed by atoms with Crippen LogP contribution in [0, 0.1) is 5.92 Å². The standard InChI is InChI=1S/C15H20ClN3O2/c1-2-3-10-6-15(21)19(8-10)9-14(20)18-13-7-11(17)4-5-12(13)16/h4-5,7,10H,2-3,6,8-9,17H2,1H3,(H,18,20). The summed E-state index contributed by atoms with van der Waals surface area (Å²) >= 11 is 6.00. The molecule has 0 spiro atoms. The molecule has 3 N–H and O–H groups in total. The van der Waals surface area contributed by atoms with Crippen LogP contribution >= 0.6 is 11.6 Å². The number of carbonyl (C=O) groups excluding carboxylic acids is 2. The number of amides is 2. The van der Waals surface area contributed by atoms with Crippen molar-refractivity contribution in [1.82, 2.24) is 4.90 Å². The Balaban J connectivity index is 1.93. The fourth-order valence-corrected chi connectivity index (χ4v) is 2.77. The Kier molecular flexibility index (Phi) is 5.07. The van der Waals surface area contributed by atoms with Gasteiger partial charge in [0.15, 0.2) is 0 Å². The molecule has 0 aliphatic carbocycles. The van der Waals surface area contributed by atoms with Crippen LogP contribution < -0.4 is 11.1 Å². The molecule has 2 rings (SSSR count). The third-order valence-electron chi connectivity index (χ3n) is 3.59. The van der Waals surface area contributed by atoms with Crippen LogP contribution in [0.25, 0.3) is 0 Å². The average molecular weight is 310 g/mol. The van der Waals surface area contributed by atoms with E-state index in [1.54, 1.807) is 23.1 Å². The Labute approximate surface area is 129 Å². The maximum absolute atomic E-state index is 12.0. The number of nitrogen functional groups attached to an aromatic ring is 1. The molecule has 1 aromatic carbocycles. The van der Waals surface area contributed by atoms with Crippen LogP contribution in [0.15, 0.2) is 18.2 Å². The van der Waals surface area contributed by atoms with E-state index >= 15 is 0 Å². The summed E-state index contributed by atoms with van der Waals surface area (Å²) in [5.74, 6) is 0.154. The molecule has 5 nitrogen and oxygen atoms in total. The molecule has 1 aromatic rings. The third kappa shape index (κ3) is 4.11. The van der Waals surface area contributed by atoms with E-state index in [-0.39, 0.29) is 18.4 Å². The maximum atomic E-state index is 12.0. The second-order valence-corrected chi connectivity index (χ2v) is 5.83. The largest absolute Gasteiger partial charge is 0.399 e. The smallest absolute Gasteiger partial charge is 0.244 e. The van der Waals surface area contributed by atoms with Crippen LogP contribution in [0.5, 0.6) is 0 Å². The molecule has 0 saturated carbocycles. The molecule has 21 heavy (non-hydrogen) atoms. The second kappa shape index (κ2) is 6.80. The van der Waals surface area contributed by atoms with Crippen molar-refractivity contribution in [2.75, 3.05) is 24.1 Å². The Hall–Kier alpha value is -1.75. The number of nitrogens with one attached hydrogen (secondary N) is 1. The van der Waals surface area contributed by atoms with Crippen LogP contribution in [0.4, 0.5) is 11.4 Å². The normalized spacial score (nSPS) is 18.1. The van der Waals surface area contributed by atoms with Crippen LogP contribution in [0.1, 0.15) is 26.2 Å². The molecule has 1 fully saturated rings. The lowest BCUT2D eigenvalue weighted by Gasteiger charge is -2.16. The number of hydrogen-bond acceptors (Lipinski definition) is 3. The van der Waals surface area contributed by atoms with Gasteiger partial charge in [0.1, 0.15) is 0 Å². The van der Waals surface area contributed by atoms with Crippen molar-refractivity contribution in [3.8, 4) is 0 Å². The zero-order chi connectivity index (χ0) is 15.4. The molecule has 1 atom stereocenters. The van der Waals surface area contributed by atoms with E-state index in [0.29, 0.717) is 35.3 Å². The highest BCUT2D eigenvalue weighted by atomic mass is 35.5. The minimum Gasteiger partial charge on any atom is -0.399 e. The summed E-state index contributed by atoms with van der Waals surface area (Å²) in [6.45, 7) is 2.82. The highest BCUT2D eigenvalue weighted by molar-refractivity contribution is 6.33. The van der Waals surface area contributed by atoms with Crippen molar-refractivity contribution >= 4 is 34.8 Å². The molecule has 2 amide bonds. The summed E-state index contributed by atoms with van der Waals surface area (Å²) in [6.07, 6.45) is 2.61. The third-order valence-corrected chi connectivity index (χ3v) is 3.92. The van der Waals surface area contributed by atoms with Gasteiger partial charge < -0.3 is 16.0 Å². The van der Waals surface area contributed by atoms with Gasteiger partial charge in [0, 0.05) is 18.7 Å². The van der Waals surface area contributed by atoms with E-state index in [1.165, 1.54) is 0 Å². The molecule has 114 valence electrons. The Bertz CT molecular complexity index is 548. The molecule has 0 radical (unpaired) electrons. The van der Waals surface area contributed by atoms with Crippen LogP contribution in [-0.2, 0) is 9.59 Å². The number of benzene rings is 1. The summed E-state index contributed by atoms with van der Waals surface area (Å²) in [5, 5.41) is 3.13. The van der Waals surface area contributed by atoms with Crippen LogP contribution in [-0.4, -0.2) is 29.8 Å². The molecule has 1 heterocycles. The summed E-state index contributed by atoms with van der Waals surface area (Å²) in [7, 11) is 0. The summed E-state index contributed by atoms with van der Waals surface area (Å²) in [5.41, 5.74) is 6.66. The maximum Gasteiger partial charge on any atom is 0.244 e. The summed E-state index contributed by atoms with van der Waals surface area (Å²) in [4.78, 5) is 25.5. The van der Waals surface area contributed by atoms with E-state index in [4.69, 9.17) is 17.3 Å². The molecular formula is C15H20ClN3O2. The van der Waals surface area contributed by atoms with Crippen molar-refractivity contribution in [2.24, 2.45) is 5.92 Å². The van der Waals surface area contributed by atoms with E-state index in [2.05, 4.69) is 12.2 Å². The molecule has 0 bridgehead atoms. The fourth-order valence-electron chi connectivity index (χ4n) is 2.61. The number of rotatable bonds is 5. The van der Waals surface area contributed by atoms with Crippen molar-refractivity contribution in [1.29, 1.82) is 0 Å². The van der Waals surface area contributed by atoms with Gasteiger partial charge in [0.2, 0.25) is 11.8 Å². The molecule has 1 unspecified atom stereocenters. The first kappa shape index (κ1) is 15.6. The van der Waals surface area contributed by atoms with E-state index in [0.717, 1.165) is 12.8 Å². The number of likely N-dealkylation sites (tertiary alicyclic amines) is 1. The fraction of sp³-hybridized carbons (Fsp3) is 0.467. The minimum atomic E-state index is -0.256. The predicted octanol–water partition coefficient (Wildman–Crippen LogP) is 2.51. The highest BCUT2D eigenvalue weighted by Crippen LogP contribution is 2.25. The van der Waals surface area contributed by atoms with Gasteiger partial charge in [-0.15, -0.1) is 0 Å². The summed E-state index contributed by atoms with van der Waals surface area (Å²) in [6, 6.07) is 4.90. The zero-order valence-electron chi connectivity index (χ0n) is 12.1. The monoisotopic (exact) mass is 309 g/mol. The Morgan fingerprint density at radius 1 is 1.52 bits per heavy atom. The molecule has 6 heteroatoms. The van der Waals surface area contributed by atoms with Crippen molar-refractivity contribution < 1.29 is 9.59 Å². The number of anilines is 2. The van der Waals surface area contributed by atoms with Crippen molar-refractivity contribution in [2.45, 2.75) is 26.2 Å². The van der Waals surface area contributed by atoms with Crippen LogP contribution in [0.3, 0.4) is 0 Å². The topological polar surface area (TPSA) is 75.4 Å². The molecule has 1 aliphatic heterocycles. The predicted molar refractivity (Wildman–Crippen MR) is 84.1 cm³/mol. The number of hydrogen-bond donors (Lipinski definition) is 2. The Morgan fingerprint density at radius 3 is 3.00 bits per heavy atom. The second-order valence-electron chi connectivity index (χ2n) is 5.42. The van der Waals surface area contributed by atoms with Gasteiger partial charge in [0.05, 0.1) is 17.3 Å². The van der Waals surface area contributed by atoms with Gasteiger partial charge in [-0.3, -0.25) is 9.59 Å². The van der Waals surface area contributed by atoms with Gasteiger partial charge in [0.25, 0.3) is 0 Å². The number of carbonyl (C=O) groups is 2.